The first kappa shape index (κ1) is 26.6. The third-order valence-corrected chi connectivity index (χ3v) is 9.07. The van der Waals surface area contributed by atoms with Gasteiger partial charge in [0, 0.05) is 75.5 Å². The van der Waals surface area contributed by atoms with Crippen molar-refractivity contribution in [2.75, 3.05) is 44.2 Å². The lowest BCUT2D eigenvalue weighted by Crippen LogP contribution is -2.54. The molecule has 0 spiro atoms. The number of aromatic nitrogens is 1. The molecule has 1 atom stereocenters. The van der Waals surface area contributed by atoms with E-state index in [2.05, 4.69) is 20.3 Å². The summed E-state index contributed by atoms with van der Waals surface area (Å²) >= 11 is 0. The van der Waals surface area contributed by atoms with Crippen molar-refractivity contribution < 1.29 is 28.1 Å². The number of halogens is 1. The third-order valence-electron chi connectivity index (χ3n) is 9.07. The van der Waals surface area contributed by atoms with E-state index in [1.807, 2.05) is 4.90 Å². The molecule has 12 heteroatoms. The molecular formula is C30H31FN6O5. The van der Waals surface area contributed by atoms with E-state index >= 15 is 0 Å². The number of hydrogen-bond donors (Lipinski definition) is 1. The number of nitrogens with zero attached hydrogens (tertiary/aromatic N) is 5. The van der Waals surface area contributed by atoms with Crippen LogP contribution in [0.4, 0.5) is 10.2 Å². The van der Waals surface area contributed by atoms with Crippen LogP contribution in [0.25, 0.3) is 11.0 Å². The fraction of sp³-hybridized carbons (Fsp3) is 0.433. The first-order chi connectivity index (χ1) is 20.4. The molecule has 0 bridgehead atoms. The highest BCUT2D eigenvalue weighted by Gasteiger charge is 2.39. The van der Waals surface area contributed by atoms with Crippen molar-refractivity contribution in [3.05, 3.63) is 58.9 Å². The normalized spacial score (nSPS) is 22.2. The Morgan fingerprint density at radius 1 is 0.952 bits per heavy atom. The number of nitrogens with one attached hydrogen (secondary N) is 1. The molecule has 1 N–H and O–H groups in total. The van der Waals surface area contributed by atoms with Crippen molar-refractivity contribution in [3.8, 4) is 0 Å². The average molecular weight is 575 g/mol. The molecule has 1 aromatic heterocycles. The van der Waals surface area contributed by atoms with Crippen LogP contribution in [0.3, 0.4) is 0 Å². The monoisotopic (exact) mass is 574 g/mol. The Kier molecular flexibility index (Phi) is 6.64. The van der Waals surface area contributed by atoms with Gasteiger partial charge in [-0.3, -0.25) is 29.4 Å². The molecule has 7 rings (SSSR count). The molecule has 5 heterocycles. The molecule has 11 nitrogen and oxygen atoms in total. The van der Waals surface area contributed by atoms with E-state index in [-0.39, 0.29) is 36.5 Å². The molecule has 42 heavy (non-hydrogen) atoms. The first-order valence-electron chi connectivity index (χ1n) is 14.5. The van der Waals surface area contributed by atoms with Gasteiger partial charge < -0.3 is 19.2 Å². The molecule has 0 radical (unpaired) electrons. The Labute approximate surface area is 241 Å². The number of fused-ring (bicyclic) bond motifs is 2. The summed E-state index contributed by atoms with van der Waals surface area (Å²) in [5.41, 5.74) is 2.22. The highest BCUT2D eigenvalue weighted by molar-refractivity contribution is 6.06. The van der Waals surface area contributed by atoms with E-state index in [0.717, 1.165) is 55.8 Å². The minimum atomic E-state index is -0.678. The number of amides is 4. The van der Waals surface area contributed by atoms with Crippen LogP contribution in [0.2, 0.25) is 0 Å². The largest absolute Gasteiger partial charge is 0.354 e. The number of carbonyl (C=O) groups excluding carboxylic acids is 4. The first-order valence-corrected chi connectivity index (χ1v) is 14.5. The molecule has 2 aromatic carbocycles. The minimum Gasteiger partial charge on any atom is -0.354 e. The van der Waals surface area contributed by atoms with Crippen molar-refractivity contribution >= 4 is 40.4 Å². The van der Waals surface area contributed by atoms with Crippen LogP contribution in [-0.2, 0) is 16.1 Å². The predicted molar refractivity (Wildman–Crippen MR) is 149 cm³/mol. The fourth-order valence-corrected chi connectivity index (χ4v) is 6.75. The number of imide groups is 1. The number of likely N-dealkylation sites (tertiary alicyclic amines) is 1. The van der Waals surface area contributed by atoms with Gasteiger partial charge in [-0.05, 0) is 55.2 Å². The molecule has 0 aliphatic carbocycles. The van der Waals surface area contributed by atoms with Gasteiger partial charge in [-0.25, -0.2) is 4.39 Å². The summed E-state index contributed by atoms with van der Waals surface area (Å²) < 4.78 is 18.9. The minimum absolute atomic E-state index is 0.0534. The van der Waals surface area contributed by atoms with Gasteiger partial charge in [0.1, 0.15) is 11.9 Å². The van der Waals surface area contributed by atoms with E-state index < -0.39 is 11.9 Å². The SMILES string of the molecule is O=C1CCC(N2Cc3cc(C(=O)N4CCC(N5CCN(c6noc7cc(F)ccc67)CC5)CC4)ccc3C2=O)C(=O)N1. The Morgan fingerprint density at radius 3 is 2.50 bits per heavy atom. The van der Waals surface area contributed by atoms with Gasteiger partial charge in [-0.2, -0.15) is 0 Å². The second-order valence-corrected chi connectivity index (χ2v) is 11.5. The van der Waals surface area contributed by atoms with Crippen LogP contribution in [0, 0.1) is 5.82 Å². The van der Waals surface area contributed by atoms with Crippen LogP contribution in [-0.4, -0.2) is 94.8 Å². The highest BCUT2D eigenvalue weighted by atomic mass is 19.1. The number of piperidine rings is 2. The molecule has 1 unspecified atom stereocenters. The molecule has 4 aliphatic heterocycles. The van der Waals surface area contributed by atoms with Gasteiger partial charge in [-0.1, -0.05) is 5.16 Å². The van der Waals surface area contributed by atoms with Gasteiger partial charge in [0.25, 0.3) is 11.8 Å². The second kappa shape index (κ2) is 10.5. The molecule has 3 saturated heterocycles. The maximum atomic E-state index is 13.5. The van der Waals surface area contributed by atoms with Crippen molar-refractivity contribution in [2.45, 2.75) is 44.3 Å². The Hall–Kier alpha value is -4.32. The van der Waals surface area contributed by atoms with E-state index in [1.54, 1.807) is 24.3 Å². The van der Waals surface area contributed by atoms with E-state index in [9.17, 15) is 23.6 Å². The standard InChI is InChI=1S/C30H31FN6O5/c31-20-2-4-23-25(16-20)42-33-27(23)35-13-11-34(12-14-35)21-7-9-36(10-8-21)29(40)18-1-3-22-19(15-18)17-37(30(22)41)24-5-6-26(38)32-28(24)39/h1-4,15-16,21,24H,5-14,17H2,(H,32,38,39). The second-order valence-electron chi connectivity index (χ2n) is 11.5. The van der Waals surface area contributed by atoms with E-state index in [4.69, 9.17) is 4.52 Å². The molecule has 4 amide bonds. The van der Waals surface area contributed by atoms with E-state index in [0.29, 0.717) is 42.3 Å². The summed E-state index contributed by atoms with van der Waals surface area (Å²) in [6.45, 7) is 4.89. The maximum Gasteiger partial charge on any atom is 0.255 e. The molecule has 0 saturated carbocycles. The zero-order valence-electron chi connectivity index (χ0n) is 23.1. The fourth-order valence-electron chi connectivity index (χ4n) is 6.75. The zero-order chi connectivity index (χ0) is 29.0. The highest BCUT2D eigenvalue weighted by Crippen LogP contribution is 2.30. The zero-order valence-corrected chi connectivity index (χ0v) is 23.1. The number of carbonyl (C=O) groups is 4. The molecule has 218 valence electrons. The molecule has 3 aromatic rings. The van der Waals surface area contributed by atoms with Gasteiger partial charge in [0.05, 0.1) is 5.39 Å². The number of hydrogen-bond acceptors (Lipinski definition) is 8. The number of piperazine rings is 1. The Morgan fingerprint density at radius 2 is 1.74 bits per heavy atom. The lowest BCUT2D eigenvalue weighted by Gasteiger charge is -2.42. The molecular weight excluding hydrogens is 543 g/mol. The van der Waals surface area contributed by atoms with Gasteiger partial charge in [0.15, 0.2) is 11.4 Å². The van der Waals surface area contributed by atoms with Crippen molar-refractivity contribution in [3.63, 3.8) is 0 Å². The van der Waals surface area contributed by atoms with Crippen LogP contribution < -0.4 is 10.2 Å². The number of benzene rings is 2. The van der Waals surface area contributed by atoms with Gasteiger partial charge in [0.2, 0.25) is 11.8 Å². The summed E-state index contributed by atoms with van der Waals surface area (Å²) in [7, 11) is 0. The molecule has 3 fully saturated rings. The summed E-state index contributed by atoms with van der Waals surface area (Å²) in [6, 6.07) is 9.35. The number of rotatable bonds is 4. The van der Waals surface area contributed by atoms with Crippen molar-refractivity contribution in [1.29, 1.82) is 0 Å². The average Bonchev–Trinajstić information content (AvgIpc) is 3.57. The van der Waals surface area contributed by atoms with E-state index in [1.165, 1.54) is 17.0 Å². The predicted octanol–water partition coefficient (Wildman–Crippen LogP) is 2.15. The van der Waals surface area contributed by atoms with Gasteiger partial charge >= 0.3 is 0 Å². The topological polar surface area (TPSA) is 119 Å². The smallest absolute Gasteiger partial charge is 0.255 e. The lowest BCUT2D eigenvalue weighted by molar-refractivity contribution is -0.136. The molecule has 4 aliphatic rings. The van der Waals surface area contributed by atoms with Gasteiger partial charge in [-0.15, -0.1) is 0 Å². The maximum absolute atomic E-state index is 13.5. The summed E-state index contributed by atoms with van der Waals surface area (Å²) in [5, 5.41) is 7.32. The lowest BCUT2D eigenvalue weighted by atomic mass is 10.00. The third kappa shape index (κ3) is 4.69. The Balaban J connectivity index is 0.938. The summed E-state index contributed by atoms with van der Waals surface area (Å²) in [6.07, 6.45) is 2.26. The van der Waals surface area contributed by atoms with Crippen LogP contribution >= 0.6 is 0 Å². The van der Waals surface area contributed by atoms with Crippen molar-refractivity contribution in [1.82, 2.24) is 25.2 Å². The quantitative estimate of drug-likeness (QED) is 0.471. The van der Waals surface area contributed by atoms with Crippen molar-refractivity contribution in [2.24, 2.45) is 0 Å². The van der Waals surface area contributed by atoms with Crippen LogP contribution in [0.15, 0.2) is 40.9 Å². The summed E-state index contributed by atoms with van der Waals surface area (Å²) in [4.78, 5) is 58.3. The Bertz CT molecular complexity index is 1590. The van der Waals surface area contributed by atoms with Crippen LogP contribution in [0.5, 0.6) is 0 Å². The summed E-state index contributed by atoms with van der Waals surface area (Å²) in [5.74, 6) is -0.661. The number of anilines is 1. The van der Waals surface area contributed by atoms with Crippen LogP contribution in [0.1, 0.15) is 52.0 Å².